The first kappa shape index (κ1) is 15.0. The lowest BCUT2D eigenvalue weighted by atomic mass is 10.1. The van der Waals surface area contributed by atoms with Gasteiger partial charge in [0, 0.05) is 20.0 Å². The zero-order chi connectivity index (χ0) is 13.4. The van der Waals surface area contributed by atoms with Crippen molar-refractivity contribution >= 4 is 11.8 Å². The molecular formula is C13H25N3O2. The molecule has 1 aliphatic heterocycles. The van der Waals surface area contributed by atoms with Crippen LogP contribution in [0.4, 0.5) is 0 Å². The van der Waals surface area contributed by atoms with Gasteiger partial charge in [-0.2, -0.15) is 0 Å². The van der Waals surface area contributed by atoms with Crippen molar-refractivity contribution in [2.45, 2.75) is 51.0 Å². The highest BCUT2D eigenvalue weighted by atomic mass is 16.2. The van der Waals surface area contributed by atoms with Crippen molar-refractivity contribution in [1.82, 2.24) is 10.2 Å². The van der Waals surface area contributed by atoms with Crippen LogP contribution in [0, 0.1) is 0 Å². The van der Waals surface area contributed by atoms with Crippen LogP contribution >= 0.6 is 0 Å². The third-order valence-electron chi connectivity index (χ3n) is 3.47. The maximum atomic E-state index is 12.0. The maximum absolute atomic E-state index is 12.0. The summed E-state index contributed by atoms with van der Waals surface area (Å²) < 4.78 is 0. The molecule has 1 fully saturated rings. The van der Waals surface area contributed by atoms with Gasteiger partial charge in [-0.25, -0.2) is 0 Å². The van der Waals surface area contributed by atoms with Gasteiger partial charge in [0.15, 0.2) is 0 Å². The number of nitrogens with one attached hydrogen (secondary N) is 1. The topological polar surface area (TPSA) is 75.4 Å². The minimum Gasteiger partial charge on any atom is -0.357 e. The summed E-state index contributed by atoms with van der Waals surface area (Å²) in [6, 6.07) is -0.244. The lowest BCUT2D eigenvalue weighted by molar-refractivity contribution is -0.138. The van der Waals surface area contributed by atoms with E-state index in [2.05, 4.69) is 5.32 Å². The summed E-state index contributed by atoms with van der Waals surface area (Å²) in [7, 11) is 1.62. The zero-order valence-electron chi connectivity index (χ0n) is 11.3. The summed E-state index contributed by atoms with van der Waals surface area (Å²) in [5, 5.41) is 2.63. The third kappa shape index (κ3) is 4.29. The van der Waals surface area contributed by atoms with Crippen molar-refractivity contribution in [3.05, 3.63) is 0 Å². The lowest BCUT2D eigenvalue weighted by Gasteiger charge is -2.23. The Morgan fingerprint density at radius 3 is 2.67 bits per heavy atom. The van der Waals surface area contributed by atoms with Gasteiger partial charge in [0.05, 0.1) is 0 Å². The first-order valence-corrected chi connectivity index (χ1v) is 6.92. The van der Waals surface area contributed by atoms with Gasteiger partial charge >= 0.3 is 0 Å². The van der Waals surface area contributed by atoms with Crippen molar-refractivity contribution in [3.63, 3.8) is 0 Å². The molecule has 0 aromatic carbocycles. The van der Waals surface area contributed by atoms with E-state index in [4.69, 9.17) is 5.73 Å². The molecule has 0 radical (unpaired) electrons. The molecule has 2 amide bonds. The van der Waals surface area contributed by atoms with Crippen LogP contribution in [0.5, 0.6) is 0 Å². The molecule has 0 spiro atoms. The smallest absolute Gasteiger partial charge is 0.242 e. The normalized spacial score (nSPS) is 19.0. The molecule has 104 valence electrons. The summed E-state index contributed by atoms with van der Waals surface area (Å²) in [6.07, 6.45) is 6.33. The van der Waals surface area contributed by atoms with E-state index >= 15 is 0 Å². The molecule has 0 bridgehead atoms. The van der Waals surface area contributed by atoms with E-state index in [0.29, 0.717) is 6.42 Å². The first-order chi connectivity index (χ1) is 8.70. The van der Waals surface area contributed by atoms with Crippen molar-refractivity contribution < 1.29 is 9.59 Å². The lowest BCUT2D eigenvalue weighted by Crippen LogP contribution is -2.44. The van der Waals surface area contributed by atoms with E-state index in [1.54, 1.807) is 11.9 Å². The van der Waals surface area contributed by atoms with Crippen LogP contribution in [-0.4, -0.2) is 42.9 Å². The number of unbranched alkanes of at least 4 members (excludes halogenated alkanes) is 3. The van der Waals surface area contributed by atoms with E-state index in [9.17, 15) is 9.59 Å². The number of carbonyl (C=O) groups is 2. The summed E-state index contributed by atoms with van der Waals surface area (Å²) in [4.78, 5) is 25.4. The fourth-order valence-electron chi connectivity index (χ4n) is 2.42. The molecule has 5 heteroatoms. The van der Waals surface area contributed by atoms with Gasteiger partial charge in [-0.3, -0.25) is 9.59 Å². The molecule has 1 unspecified atom stereocenters. The van der Waals surface area contributed by atoms with Crippen molar-refractivity contribution in [3.8, 4) is 0 Å². The number of carbonyl (C=O) groups excluding carboxylic acids is 2. The summed E-state index contributed by atoms with van der Waals surface area (Å²) >= 11 is 0. The van der Waals surface area contributed by atoms with Gasteiger partial charge in [-0.15, -0.1) is 0 Å². The second kappa shape index (κ2) is 8.08. The molecule has 1 heterocycles. The Labute approximate surface area is 109 Å². The molecular weight excluding hydrogens is 230 g/mol. The van der Waals surface area contributed by atoms with Gasteiger partial charge in [0.2, 0.25) is 11.8 Å². The average molecular weight is 255 g/mol. The molecule has 3 N–H and O–H groups in total. The van der Waals surface area contributed by atoms with E-state index in [1.165, 1.54) is 0 Å². The predicted octanol–water partition coefficient (Wildman–Crippen LogP) is 0.633. The highest BCUT2D eigenvalue weighted by Gasteiger charge is 2.32. The van der Waals surface area contributed by atoms with Crippen LogP contribution < -0.4 is 11.1 Å². The van der Waals surface area contributed by atoms with Crippen LogP contribution in [0.1, 0.15) is 44.9 Å². The van der Waals surface area contributed by atoms with E-state index in [-0.39, 0.29) is 17.9 Å². The minimum atomic E-state index is -0.244. The Balaban J connectivity index is 2.29. The van der Waals surface area contributed by atoms with E-state index in [1.807, 2.05) is 0 Å². The standard InChI is InChI=1S/C13H25N3O2/c1-15-13(18)11-7-6-10-16(11)12(17)8-4-2-3-5-9-14/h11H,2-10,14H2,1H3,(H,15,18). The van der Waals surface area contributed by atoms with Gasteiger partial charge in [-0.05, 0) is 32.2 Å². The highest BCUT2D eigenvalue weighted by Crippen LogP contribution is 2.19. The fourth-order valence-corrected chi connectivity index (χ4v) is 2.42. The summed E-state index contributed by atoms with van der Waals surface area (Å²) in [5.74, 6) is 0.0813. The number of nitrogens with zero attached hydrogens (tertiary/aromatic N) is 1. The monoisotopic (exact) mass is 255 g/mol. The quantitative estimate of drug-likeness (QED) is 0.655. The maximum Gasteiger partial charge on any atom is 0.242 e. The zero-order valence-corrected chi connectivity index (χ0v) is 11.3. The summed E-state index contributed by atoms with van der Waals surface area (Å²) in [6.45, 7) is 1.44. The van der Waals surface area contributed by atoms with Gasteiger partial charge in [0.1, 0.15) is 6.04 Å². The van der Waals surface area contributed by atoms with Crippen molar-refractivity contribution in [1.29, 1.82) is 0 Å². The highest BCUT2D eigenvalue weighted by molar-refractivity contribution is 5.88. The van der Waals surface area contributed by atoms with Crippen LogP contribution in [0.2, 0.25) is 0 Å². The fraction of sp³-hybridized carbons (Fsp3) is 0.846. The second-order valence-electron chi connectivity index (χ2n) is 4.81. The second-order valence-corrected chi connectivity index (χ2v) is 4.81. The van der Waals surface area contributed by atoms with E-state index < -0.39 is 0 Å². The van der Waals surface area contributed by atoms with Gasteiger partial charge in [-0.1, -0.05) is 12.8 Å². The number of likely N-dealkylation sites (N-methyl/N-ethyl adjacent to an activating group) is 1. The predicted molar refractivity (Wildman–Crippen MR) is 70.9 cm³/mol. The van der Waals surface area contributed by atoms with Crippen molar-refractivity contribution in [2.24, 2.45) is 5.73 Å². The number of rotatable bonds is 7. The molecule has 0 aromatic heterocycles. The van der Waals surface area contributed by atoms with Crippen molar-refractivity contribution in [2.75, 3.05) is 20.1 Å². The van der Waals surface area contributed by atoms with Gasteiger partial charge in [0.25, 0.3) is 0 Å². The molecule has 0 aromatic rings. The number of nitrogens with two attached hydrogens (primary N) is 1. The molecule has 1 atom stereocenters. The molecule has 5 nitrogen and oxygen atoms in total. The average Bonchev–Trinajstić information content (AvgIpc) is 2.86. The molecule has 1 saturated heterocycles. The Kier molecular flexibility index (Phi) is 6.72. The third-order valence-corrected chi connectivity index (χ3v) is 3.47. The minimum absolute atomic E-state index is 0.0380. The largest absolute Gasteiger partial charge is 0.357 e. The molecule has 0 aliphatic carbocycles. The van der Waals surface area contributed by atoms with Crippen LogP contribution in [0.3, 0.4) is 0 Å². The molecule has 1 aliphatic rings. The van der Waals surface area contributed by atoms with Crippen LogP contribution in [-0.2, 0) is 9.59 Å². The Morgan fingerprint density at radius 2 is 2.00 bits per heavy atom. The molecule has 0 saturated carbocycles. The first-order valence-electron chi connectivity index (χ1n) is 6.92. The molecule has 18 heavy (non-hydrogen) atoms. The summed E-state index contributed by atoms with van der Waals surface area (Å²) in [5.41, 5.74) is 5.42. The van der Waals surface area contributed by atoms with E-state index in [0.717, 1.165) is 51.6 Å². The number of amides is 2. The Morgan fingerprint density at radius 1 is 1.28 bits per heavy atom. The molecule has 1 rings (SSSR count). The van der Waals surface area contributed by atoms with Crippen LogP contribution in [0.15, 0.2) is 0 Å². The van der Waals surface area contributed by atoms with Gasteiger partial charge < -0.3 is 16.0 Å². The van der Waals surface area contributed by atoms with Crippen LogP contribution in [0.25, 0.3) is 0 Å². The number of hydrogen-bond donors (Lipinski definition) is 2. The number of likely N-dealkylation sites (tertiary alicyclic amines) is 1. The Hall–Kier alpha value is -1.10. The number of hydrogen-bond acceptors (Lipinski definition) is 3. The SMILES string of the molecule is CNC(=O)C1CCCN1C(=O)CCCCCCN. The Bertz CT molecular complexity index is 281.